The van der Waals surface area contributed by atoms with E-state index >= 15 is 0 Å². The highest BCUT2D eigenvalue weighted by Gasteiger charge is 2.19. The van der Waals surface area contributed by atoms with E-state index < -0.39 is 0 Å². The molecule has 96 valence electrons. The van der Waals surface area contributed by atoms with E-state index in [0.717, 1.165) is 18.6 Å². The van der Waals surface area contributed by atoms with E-state index in [2.05, 4.69) is 19.2 Å². The summed E-state index contributed by atoms with van der Waals surface area (Å²) in [6, 6.07) is 1.72. The van der Waals surface area contributed by atoms with Gasteiger partial charge in [-0.25, -0.2) is 0 Å². The van der Waals surface area contributed by atoms with Gasteiger partial charge in [0.25, 0.3) is 5.91 Å². The van der Waals surface area contributed by atoms with Crippen LogP contribution in [0, 0.1) is 12.3 Å². The standard InChI is InChI=1S/C13H21NO3/c1-10-7-11(8-17-10)12(16)14-9-13(2,3)5-4-6-15/h7-8,15H,4-6,9H2,1-3H3,(H,14,16). The molecule has 1 aromatic heterocycles. The monoisotopic (exact) mass is 239 g/mol. The van der Waals surface area contributed by atoms with Gasteiger partial charge in [-0.05, 0) is 31.2 Å². The minimum absolute atomic E-state index is 0.00281. The molecule has 17 heavy (non-hydrogen) atoms. The van der Waals surface area contributed by atoms with E-state index in [1.54, 1.807) is 6.07 Å². The predicted octanol–water partition coefficient (Wildman–Crippen LogP) is 2.12. The lowest BCUT2D eigenvalue weighted by molar-refractivity contribution is 0.0932. The first kappa shape index (κ1) is 13.8. The summed E-state index contributed by atoms with van der Waals surface area (Å²) in [5.41, 5.74) is 0.553. The van der Waals surface area contributed by atoms with Crippen molar-refractivity contribution in [2.24, 2.45) is 5.41 Å². The molecule has 4 nitrogen and oxygen atoms in total. The molecule has 1 heterocycles. The maximum atomic E-state index is 11.8. The lowest BCUT2D eigenvalue weighted by Crippen LogP contribution is -2.33. The Hall–Kier alpha value is -1.29. The molecule has 0 unspecified atom stereocenters. The van der Waals surface area contributed by atoms with Crippen molar-refractivity contribution < 1.29 is 14.3 Å². The summed E-state index contributed by atoms with van der Waals surface area (Å²) in [7, 11) is 0. The number of hydrogen-bond acceptors (Lipinski definition) is 3. The maximum absolute atomic E-state index is 11.8. The number of hydrogen-bond donors (Lipinski definition) is 2. The van der Waals surface area contributed by atoms with E-state index in [1.165, 1.54) is 6.26 Å². The first-order valence-electron chi connectivity index (χ1n) is 5.89. The molecular formula is C13H21NO3. The van der Waals surface area contributed by atoms with Crippen molar-refractivity contribution in [3.63, 3.8) is 0 Å². The number of furan rings is 1. The van der Waals surface area contributed by atoms with Gasteiger partial charge >= 0.3 is 0 Å². The van der Waals surface area contributed by atoms with Gasteiger partial charge in [0.05, 0.1) is 5.56 Å². The lowest BCUT2D eigenvalue weighted by Gasteiger charge is -2.24. The van der Waals surface area contributed by atoms with Gasteiger partial charge in [0.1, 0.15) is 12.0 Å². The Morgan fingerprint density at radius 1 is 1.53 bits per heavy atom. The van der Waals surface area contributed by atoms with E-state index in [9.17, 15) is 4.79 Å². The van der Waals surface area contributed by atoms with Gasteiger partial charge in [0, 0.05) is 13.2 Å². The summed E-state index contributed by atoms with van der Waals surface area (Å²) in [4.78, 5) is 11.8. The fourth-order valence-corrected chi connectivity index (χ4v) is 1.63. The Morgan fingerprint density at radius 3 is 2.76 bits per heavy atom. The van der Waals surface area contributed by atoms with E-state index in [-0.39, 0.29) is 17.9 Å². The zero-order chi connectivity index (χ0) is 12.9. The van der Waals surface area contributed by atoms with Crippen molar-refractivity contribution in [1.82, 2.24) is 5.32 Å². The molecule has 0 saturated carbocycles. The largest absolute Gasteiger partial charge is 0.469 e. The highest BCUT2D eigenvalue weighted by molar-refractivity contribution is 5.93. The summed E-state index contributed by atoms with van der Waals surface area (Å²) in [5, 5.41) is 11.7. The van der Waals surface area contributed by atoms with Crippen molar-refractivity contribution >= 4 is 5.91 Å². The molecule has 0 atom stereocenters. The number of aliphatic hydroxyl groups excluding tert-OH is 1. The summed E-state index contributed by atoms with van der Waals surface area (Å²) < 4.78 is 5.09. The molecule has 0 aliphatic carbocycles. The molecule has 2 N–H and O–H groups in total. The van der Waals surface area contributed by atoms with E-state index in [4.69, 9.17) is 9.52 Å². The van der Waals surface area contributed by atoms with Gasteiger partial charge < -0.3 is 14.8 Å². The van der Waals surface area contributed by atoms with Crippen LogP contribution < -0.4 is 5.32 Å². The predicted molar refractivity (Wildman–Crippen MR) is 65.9 cm³/mol. The third kappa shape index (κ3) is 4.61. The zero-order valence-electron chi connectivity index (χ0n) is 10.7. The van der Waals surface area contributed by atoms with Crippen LogP contribution in [0.15, 0.2) is 16.7 Å². The van der Waals surface area contributed by atoms with Crippen LogP contribution in [0.25, 0.3) is 0 Å². The Kier molecular flexibility index (Phi) is 4.75. The second kappa shape index (κ2) is 5.87. The van der Waals surface area contributed by atoms with Gasteiger partial charge in [0.2, 0.25) is 0 Å². The molecule has 0 aliphatic rings. The number of aryl methyl sites for hydroxylation is 1. The fraction of sp³-hybridized carbons (Fsp3) is 0.615. The third-order valence-corrected chi connectivity index (χ3v) is 2.73. The van der Waals surface area contributed by atoms with Gasteiger partial charge in [-0.1, -0.05) is 13.8 Å². The van der Waals surface area contributed by atoms with Crippen LogP contribution in [0.5, 0.6) is 0 Å². The van der Waals surface area contributed by atoms with Gasteiger partial charge in [-0.2, -0.15) is 0 Å². The first-order valence-corrected chi connectivity index (χ1v) is 5.89. The Balaban J connectivity index is 2.42. The van der Waals surface area contributed by atoms with Gasteiger partial charge in [-0.15, -0.1) is 0 Å². The van der Waals surface area contributed by atoms with Crippen molar-refractivity contribution in [3.8, 4) is 0 Å². The highest BCUT2D eigenvalue weighted by Crippen LogP contribution is 2.21. The molecule has 4 heteroatoms. The second-order valence-electron chi connectivity index (χ2n) is 5.12. The van der Waals surface area contributed by atoms with Crippen molar-refractivity contribution in [1.29, 1.82) is 0 Å². The van der Waals surface area contributed by atoms with Crippen LogP contribution in [0.4, 0.5) is 0 Å². The van der Waals surface area contributed by atoms with Crippen LogP contribution in [0.3, 0.4) is 0 Å². The smallest absolute Gasteiger partial charge is 0.254 e. The van der Waals surface area contributed by atoms with Gasteiger partial charge in [0.15, 0.2) is 0 Å². The minimum atomic E-state index is -0.112. The number of nitrogens with one attached hydrogen (secondary N) is 1. The molecule has 1 aromatic rings. The summed E-state index contributed by atoms with van der Waals surface area (Å²) in [6.45, 7) is 6.74. The Morgan fingerprint density at radius 2 is 2.24 bits per heavy atom. The number of rotatable bonds is 6. The van der Waals surface area contributed by atoms with Crippen LogP contribution in [-0.2, 0) is 0 Å². The SMILES string of the molecule is Cc1cc(C(=O)NCC(C)(C)CCCO)co1. The molecule has 0 spiro atoms. The van der Waals surface area contributed by atoms with Crippen LogP contribution >= 0.6 is 0 Å². The second-order valence-corrected chi connectivity index (χ2v) is 5.12. The van der Waals surface area contributed by atoms with E-state index in [1.807, 2.05) is 6.92 Å². The minimum Gasteiger partial charge on any atom is -0.469 e. The number of carbonyl (C=O) groups is 1. The third-order valence-electron chi connectivity index (χ3n) is 2.73. The van der Waals surface area contributed by atoms with Crippen molar-refractivity contribution in [2.75, 3.05) is 13.2 Å². The molecule has 1 rings (SSSR count). The van der Waals surface area contributed by atoms with Crippen LogP contribution in [0.1, 0.15) is 42.8 Å². The molecule has 0 aromatic carbocycles. The number of amides is 1. The average Bonchev–Trinajstić information content (AvgIpc) is 2.70. The molecule has 0 aliphatic heterocycles. The molecule has 0 bridgehead atoms. The highest BCUT2D eigenvalue weighted by atomic mass is 16.3. The van der Waals surface area contributed by atoms with Crippen LogP contribution in [-0.4, -0.2) is 24.2 Å². The normalized spacial score (nSPS) is 11.5. The fourth-order valence-electron chi connectivity index (χ4n) is 1.63. The number of carbonyl (C=O) groups excluding carboxylic acids is 1. The van der Waals surface area contributed by atoms with Crippen molar-refractivity contribution in [3.05, 3.63) is 23.7 Å². The van der Waals surface area contributed by atoms with Gasteiger partial charge in [-0.3, -0.25) is 4.79 Å². The Labute approximate surface area is 102 Å². The lowest BCUT2D eigenvalue weighted by atomic mass is 9.88. The molecule has 1 amide bonds. The van der Waals surface area contributed by atoms with E-state index in [0.29, 0.717) is 12.1 Å². The summed E-state index contributed by atoms with van der Waals surface area (Å²) in [6.07, 6.45) is 3.10. The average molecular weight is 239 g/mol. The quantitative estimate of drug-likeness (QED) is 0.799. The molecule has 0 radical (unpaired) electrons. The number of aliphatic hydroxyl groups is 1. The molecule has 0 saturated heterocycles. The van der Waals surface area contributed by atoms with Crippen molar-refractivity contribution in [2.45, 2.75) is 33.6 Å². The topological polar surface area (TPSA) is 62.5 Å². The van der Waals surface area contributed by atoms with Crippen LogP contribution in [0.2, 0.25) is 0 Å². The first-order chi connectivity index (χ1) is 7.94. The summed E-state index contributed by atoms with van der Waals surface area (Å²) in [5.74, 6) is 0.619. The zero-order valence-corrected chi connectivity index (χ0v) is 10.7. The maximum Gasteiger partial charge on any atom is 0.254 e. The Bertz CT molecular complexity index is 368. The summed E-state index contributed by atoms with van der Waals surface area (Å²) >= 11 is 0. The molecule has 0 fully saturated rings. The molecular weight excluding hydrogens is 218 g/mol.